The monoisotopic (exact) mass is 376 g/mol. The summed E-state index contributed by atoms with van der Waals surface area (Å²) in [6, 6.07) is 17.6. The number of imidazole rings is 1. The summed E-state index contributed by atoms with van der Waals surface area (Å²) in [4.78, 5) is 19.1. The number of benzene rings is 2. The van der Waals surface area contributed by atoms with Crippen LogP contribution in [0.25, 0.3) is 23.5 Å². The summed E-state index contributed by atoms with van der Waals surface area (Å²) in [6.07, 6.45) is 9.86. The van der Waals surface area contributed by atoms with Crippen molar-refractivity contribution in [2.24, 2.45) is 0 Å². The van der Waals surface area contributed by atoms with Gasteiger partial charge in [0.2, 0.25) is 0 Å². The molecule has 1 fully saturated rings. The lowest BCUT2D eigenvalue weighted by molar-refractivity contribution is 0.0379. The zero-order valence-corrected chi connectivity index (χ0v) is 16.0. The van der Waals surface area contributed by atoms with Gasteiger partial charge in [-0.25, -0.2) is 4.79 Å². The molecule has 28 heavy (non-hydrogen) atoms. The number of ether oxygens (including phenoxy) is 1. The average molecular weight is 376 g/mol. The van der Waals surface area contributed by atoms with Gasteiger partial charge in [0.15, 0.2) is 0 Å². The van der Waals surface area contributed by atoms with Crippen LogP contribution < -0.4 is 15.3 Å². The summed E-state index contributed by atoms with van der Waals surface area (Å²) in [5, 5.41) is 0. The Kier molecular flexibility index (Phi) is 5.33. The molecule has 0 amide bonds. The van der Waals surface area contributed by atoms with Crippen LogP contribution in [0.15, 0.2) is 65.6 Å². The van der Waals surface area contributed by atoms with Crippen LogP contribution in [0, 0.1) is 0 Å². The maximum atomic E-state index is 13.0. The van der Waals surface area contributed by atoms with E-state index in [-0.39, 0.29) is 11.8 Å². The molecule has 5 nitrogen and oxygen atoms in total. The Labute approximate surface area is 164 Å². The average Bonchev–Trinajstić information content (AvgIpc) is 3.36. The van der Waals surface area contributed by atoms with Gasteiger partial charge in [-0.15, -0.1) is 4.73 Å². The molecule has 0 radical (unpaired) electrons. The second-order valence-corrected chi connectivity index (χ2v) is 6.97. The van der Waals surface area contributed by atoms with Crippen LogP contribution in [0.5, 0.6) is 5.75 Å². The number of hydrogen-bond donors (Lipinski definition) is 0. The molecule has 0 aliphatic heterocycles. The number of methoxy groups -OCH3 is 1. The van der Waals surface area contributed by atoms with Crippen molar-refractivity contribution in [1.82, 2.24) is 9.30 Å². The van der Waals surface area contributed by atoms with Crippen LogP contribution in [0.1, 0.15) is 31.2 Å². The second kappa shape index (κ2) is 8.21. The molecule has 0 saturated heterocycles. The lowest BCUT2D eigenvalue weighted by atomic mass is 10.1. The van der Waals surface area contributed by atoms with Crippen LogP contribution in [0.3, 0.4) is 0 Å². The minimum absolute atomic E-state index is 0.0867. The second-order valence-electron chi connectivity index (χ2n) is 6.97. The van der Waals surface area contributed by atoms with Crippen molar-refractivity contribution in [3.05, 3.63) is 76.8 Å². The van der Waals surface area contributed by atoms with Crippen molar-refractivity contribution in [1.29, 1.82) is 0 Å². The standard InChI is InChI=1S/C23H24N2O3/c1-27-20-13-11-19(12-14-20)22-17-24(16-15-18-7-3-2-4-8-18)23(26)25(22)28-21-9-5-6-10-21/h2-4,7-8,11-17,21H,5-6,9-10H2,1H3. The first kappa shape index (κ1) is 18.2. The molecule has 0 bridgehead atoms. The molecular weight excluding hydrogens is 352 g/mol. The van der Waals surface area contributed by atoms with Gasteiger partial charge in [0.05, 0.1) is 7.11 Å². The van der Waals surface area contributed by atoms with Gasteiger partial charge in [-0.05, 0) is 61.6 Å². The maximum Gasteiger partial charge on any atom is 0.365 e. The molecule has 1 aromatic heterocycles. The Bertz CT molecular complexity index is 995. The summed E-state index contributed by atoms with van der Waals surface area (Å²) in [5.74, 6) is 0.776. The first-order valence-corrected chi connectivity index (χ1v) is 9.63. The van der Waals surface area contributed by atoms with Gasteiger partial charge >= 0.3 is 5.69 Å². The maximum absolute atomic E-state index is 13.0. The van der Waals surface area contributed by atoms with Crippen molar-refractivity contribution in [3.63, 3.8) is 0 Å². The van der Waals surface area contributed by atoms with E-state index in [0.29, 0.717) is 0 Å². The van der Waals surface area contributed by atoms with Crippen LogP contribution >= 0.6 is 0 Å². The lowest BCUT2D eigenvalue weighted by Gasteiger charge is -2.14. The number of rotatable bonds is 6. The van der Waals surface area contributed by atoms with Crippen LogP contribution in [-0.4, -0.2) is 22.5 Å². The zero-order valence-electron chi connectivity index (χ0n) is 16.0. The highest BCUT2D eigenvalue weighted by atomic mass is 16.7. The number of aromatic nitrogens is 2. The minimum Gasteiger partial charge on any atom is -0.497 e. The third-order valence-electron chi connectivity index (χ3n) is 5.04. The summed E-state index contributed by atoms with van der Waals surface area (Å²) < 4.78 is 8.25. The Balaban J connectivity index is 1.71. The Morgan fingerprint density at radius 3 is 2.39 bits per heavy atom. The third-order valence-corrected chi connectivity index (χ3v) is 5.04. The normalized spacial score (nSPS) is 14.6. The third kappa shape index (κ3) is 3.88. The first-order valence-electron chi connectivity index (χ1n) is 9.63. The molecule has 0 unspecified atom stereocenters. The van der Waals surface area contributed by atoms with E-state index in [2.05, 4.69) is 0 Å². The van der Waals surface area contributed by atoms with Gasteiger partial charge in [-0.3, -0.25) is 4.57 Å². The summed E-state index contributed by atoms with van der Waals surface area (Å²) in [5.41, 5.74) is 2.47. The van der Waals surface area contributed by atoms with Crippen molar-refractivity contribution in [2.45, 2.75) is 31.8 Å². The van der Waals surface area contributed by atoms with Crippen molar-refractivity contribution in [2.75, 3.05) is 7.11 Å². The topological polar surface area (TPSA) is 45.4 Å². The van der Waals surface area contributed by atoms with Crippen LogP contribution in [0.2, 0.25) is 0 Å². The molecule has 1 aliphatic carbocycles. The molecular formula is C23H24N2O3. The van der Waals surface area contributed by atoms with Gasteiger partial charge in [-0.2, -0.15) is 0 Å². The van der Waals surface area contributed by atoms with Crippen LogP contribution in [-0.2, 0) is 0 Å². The molecule has 1 saturated carbocycles. The Hall–Kier alpha value is -3.21. The molecule has 0 N–H and O–H groups in total. The van der Waals surface area contributed by atoms with E-state index < -0.39 is 0 Å². The van der Waals surface area contributed by atoms with Gasteiger partial charge in [0.25, 0.3) is 0 Å². The summed E-state index contributed by atoms with van der Waals surface area (Å²) >= 11 is 0. The molecule has 5 heteroatoms. The fourth-order valence-electron chi connectivity index (χ4n) is 3.48. The summed E-state index contributed by atoms with van der Waals surface area (Å²) in [7, 11) is 1.64. The number of hydrogen-bond acceptors (Lipinski definition) is 3. The first-order chi connectivity index (χ1) is 13.7. The zero-order chi connectivity index (χ0) is 19.3. The van der Waals surface area contributed by atoms with E-state index in [4.69, 9.17) is 9.57 Å². The highest BCUT2D eigenvalue weighted by Crippen LogP contribution is 2.24. The molecule has 1 heterocycles. The predicted molar refractivity (Wildman–Crippen MR) is 111 cm³/mol. The van der Waals surface area contributed by atoms with Gasteiger partial charge in [0, 0.05) is 18.0 Å². The molecule has 2 aromatic carbocycles. The molecule has 4 rings (SSSR count). The smallest absolute Gasteiger partial charge is 0.365 e. The van der Waals surface area contributed by atoms with E-state index in [9.17, 15) is 4.79 Å². The highest BCUT2D eigenvalue weighted by molar-refractivity contribution is 5.64. The minimum atomic E-state index is -0.204. The van der Waals surface area contributed by atoms with Gasteiger partial charge in [0.1, 0.15) is 17.5 Å². The van der Waals surface area contributed by atoms with Crippen molar-refractivity contribution in [3.8, 4) is 17.0 Å². The number of nitrogens with zero attached hydrogens (tertiary/aromatic N) is 2. The Morgan fingerprint density at radius 1 is 1.00 bits per heavy atom. The van der Waals surface area contributed by atoms with E-state index in [1.54, 1.807) is 17.9 Å². The molecule has 1 aliphatic rings. The highest BCUT2D eigenvalue weighted by Gasteiger charge is 2.21. The van der Waals surface area contributed by atoms with E-state index in [1.807, 2.05) is 66.9 Å². The van der Waals surface area contributed by atoms with Gasteiger partial charge < -0.3 is 9.57 Å². The van der Waals surface area contributed by atoms with Crippen LogP contribution in [0.4, 0.5) is 0 Å². The molecule has 3 aromatic rings. The quantitative estimate of drug-likeness (QED) is 0.643. The summed E-state index contributed by atoms with van der Waals surface area (Å²) in [6.45, 7) is 0. The fraction of sp³-hybridized carbons (Fsp3) is 0.261. The molecule has 0 atom stereocenters. The largest absolute Gasteiger partial charge is 0.497 e. The van der Waals surface area contributed by atoms with E-state index in [0.717, 1.165) is 48.3 Å². The fourth-order valence-corrected chi connectivity index (χ4v) is 3.48. The van der Waals surface area contributed by atoms with Crippen molar-refractivity contribution < 1.29 is 9.57 Å². The van der Waals surface area contributed by atoms with E-state index in [1.165, 1.54) is 4.73 Å². The molecule has 144 valence electrons. The van der Waals surface area contributed by atoms with Gasteiger partial charge in [-0.1, -0.05) is 30.3 Å². The SMILES string of the molecule is COc1ccc(-c2cn(C=Cc3ccccc3)c(=O)n2OC2CCCC2)cc1. The lowest BCUT2D eigenvalue weighted by Crippen LogP contribution is -2.33. The predicted octanol–water partition coefficient (Wildman–Crippen LogP) is 4.32. The Morgan fingerprint density at radius 2 is 1.71 bits per heavy atom. The molecule has 0 spiro atoms. The van der Waals surface area contributed by atoms with E-state index >= 15 is 0 Å². The van der Waals surface area contributed by atoms with Crippen molar-refractivity contribution >= 4 is 12.3 Å².